The lowest BCUT2D eigenvalue weighted by molar-refractivity contribution is 0.293. The van der Waals surface area contributed by atoms with E-state index in [4.69, 9.17) is 0 Å². The Morgan fingerprint density at radius 3 is 2.55 bits per heavy atom. The lowest BCUT2D eigenvalue weighted by atomic mass is 9.81. The Bertz CT molecular complexity index is 523. The third-order valence-electron chi connectivity index (χ3n) is 5.61. The molecule has 0 bridgehead atoms. The summed E-state index contributed by atoms with van der Waals surface area (Å²) in [6.07, 6.45) is 1.99. The van der Waals surface area contributed by atoms with Crippen molar-refractivity contribution in [2.75, 3.05) is 0 Å². The van der Waals surface area contributed by atoms with Gasteiger partial charge in [-0.3, -0.25) is 0 Å². The van der Waals surface area contributed by atoms with Crippen molar-refractivity contribution in [3.63, 3.8) is 0 Å². The van der Waals surface area contributed by atoms with Gasteiger partial charge in [0, 0.05) is 6.54 Å². The van der Waals surface area contributed by atoms with Crippen molar-refractivity contribution in [1.29, 1.82) is 0 Å². The quantitative estimate of drug-likeness (QED) is 0.654. The van der Waals surface area contributed by atoms with Crippen LogP contribution in [0.3, 0.4) is 0 Å². The maximum Gasteiger partial charge on any atom is 0.0771 e. The molecular formula is C17H24N2O. The van der Waals surface area contributed by atoms with Crippen LogP contribution in [0.15, 0.2) is 35.5 Å². The van der Waals surface area contributed by atoms with Crippen LogP contribution < -0.4 is 5.32 Å². The van der Waals surface area contributed by atoms with Crippen LogP contribution >= 0.6 is 0 Å². The van der Waals surface area contributed by atoms with E-state index in [1.54, 1.807) is 0 Å². The van der Waals surface area contributed by atoms with Crippen LogP contribution in [0.4, 0.5) is 0 Å². The molecule has 108 valence electrons. The van der Waals surface area contributed by atoms with Gasteiger partial charge in [-0.25, -0.2) is 0 Å². The van der Waals surface area contributed by atoms with Gasteiger partial charge in [-0.05, 0) is 42.6 Å². The number of hydrogen-bond acceptors (Lipinski definition) is 3. The summed E-state index contributed by atoms with van der Waals surface area (Å²) in [6, 6.07) is 10.4. The van der Waals surface area contributed by atoms with Crippen LogP contribution in [-0.4, -0.2) is 16.5 Å². The molecule has 3 rings (SSSR count). The molecule has 3 heteroatoms. The minimum atomic E-state index is -0.181. The highest BCUT2D eigenvalue weighted by Crippen LogP contribution is 2.65. The van der Waals surface area contributed by atoms with Crippen molar-refractivity contribution in [3.8, 4) is 0 Å². The molecule has 2 aliphatic carbocycles. The lowest BCUT2D eigenvalue weighted by Gasteiger charge is -2.35. The van der Waals surface area contributed by atoms with E-state index < -0.39 is 0 Å². The molecule has 1 aromatic rings. The molecule has 0 amide bonds. The Hall–Kier alpha value is -1.35. The average Bonchev–Trinajstić information content (AvgIpc) is 2.97. The average molecular weight is 272 g/mol. The van der Waals surface area contributed by atoms with Gasteiger partial charge in [0.25, 0.3) is 0 Å². The topological polar surface area (TPSA) is 44.6 Å². The van der Waals surface area contributed by atoms with Gasteiger partial charge < -0.3 is 10.5 Å². The first kappa shape index (κ1) is 13.6. The van der Waals surface area contributed by atoms with E-state index in [0.29, 0.717) is 11.3 Å². The first-order valence-corrected chi connectivity index (χ1v) is 7.48. The largest absolute Gasteiger partial charge is 0.411 e. The van der Waals surface area contributed by atoms with Crippen molar-refractivity contribution in [3.05, 3.63) is 35.9 Å². The Morgan fingerprint density at radius 2 is 1.90 bits per heavy atom. The summed E-state index contributed by atoms with van der Waals surface area (Å²) in [4.78, 5) is 0. The summed E-state index contributed by atoms with van der Waals surface area (Å²) in [7, 11) is 0. The zero-order chi connectivity index (χ0) is 14.4. The third-order valence-corrected chi connectivity index (χ3v) is 5.61. The van der Waals surface area contributed by atoms with Gasteiger partial charge in [0.05, 0.1) is 11.3 Å². The fourth-order valence-electron chi connectivity index (χ4n) is 3.88. The van der Waals surface area contributed by atoms with Crippen LogP contribution in [0.2, 0.25) is 0 Å². The smallest absolute Gasteiger partial charge is 0.0771 e. The summed E-state index contributed by atoms with van der Waals surface area (Å²) in [6.45, 7) is 7.66. The Morgan fingerprint density at radius 1 is 1.20 bits per heavy atom. The summed E-state index contributed by atoms with van der Waals surface area (Å²) in [5.74, 6) is 1.45. The summed E-state index contributed by atoms with van der Waals surface area (Å²) >= 11 is 0. The predicted octanol–water partition coefficient (Wildman–Crippen LogP) is 3.43. The first-order chi connectivity index (χ1) is 9.47. The Kier molecular flexibility index (Phi) is 3.13. The van der Waals surface area contributed by atoms with Gasteiger partial charge in [0.1, 0.15) is 0 Å². The predicted molar refractivity (Wildman–Crippen MR) is 80.9 cm³/mol. The minimum Gasteiger partial charge on any atom is -0.411 e. The maximum absolute atomic E-state index is 9.38. The molecule has 2 aliphatic rings. The van der Waals surface area contributed by atoms with Gasteiger partial charge in [0.15, 0.2) is 0 Å². The van der Waals surface area contributed by atoms with E-state index in [1.165, 1.54) is 5.56 Å². The molecule has 0 aliphatic heterocycles. The number of rotatable bonds is 3. The van der Waals surface area contributed by atoms with Crippen LogP contribution in [-0.2, 0) is 6.54 Å². The summed E-state index contributed by atoms with van der Waals surface area (Å²) < 4.78 is 0. The Balaban J connectivity index is 1.73. The molecule has 3 atom stereocenters. The van der Waals surface area contributed by atoms with E-state index in [1.807, 2.05) is 6.07 Å². The molecule has 0 radical (unpaired) electrons. The van der Waals surface area contributed by atoms with Crippen molar-refractivity contribution in [1.82, 2.24) is 5.32 Å². The number of hydrogen-bond donors (Lipinski definition) is 2. The number of nitrogens with zero attached hydrogens (tertiary/aromatic N) is 1. The molecule has 0 spiro atoms. The molecule has 0 unspecified atom stereocenters. The van der Waals surface area contributed by atoms with Crippen LogP contribution in [0.5, 0.6) is 0 Å². The fraction of sp³-hybridized carbons (Fsp3) is 0.588. The number of nitrogens with one attached hydrogen (secondary N) is 1. The second kappa shape index (κ2) is 4.59. The highest BCUT2D eigenvalue weighted by Gasteiger charge is 2.63. The van der Waals surface area contributed by atoms with E-state index in [2.05, 4.69) is 55.5 Å². The van der Waals surface area contributed by atoms with E-state index in [0.717, 1.165) is 31.0 Å². The highest BCUT2D eigenvalue weighted by molar-refractivity contribution is 5.94. The van der Waals surface area contributed by atoms with Crippen molar-refractivity contribution >= 4 is 5.71 Å². The minimum absolute atomic E-state index is 0.181. The summed E-state index contributed by atoms with van der Waals surface area (Å²) in [5.41, 5.74) is 2.41. The molecule has 2 fully saturated rings. The standard InChI is InChI=1S/C17H24N2O/c1-16(2)13-9-15(19-20)17(3,10-14(13)16)18-11-12-7-5-4-6-8-12/h4-8,13-14,18,20H,9-11H2,1-3H3/b19-15+/t13-,14+,17+/m1/s1. The molecular weight excluding hydrogens is 248 g/mol. The first-order valence-electron chi connectivity index (χ1n) is 7.48. The number of oxime groups is 1. The van der Waals surface area contributed by atoms with Gasteiger partial charge in [0.2, 0.25) is 0 Å². The van der Waals surface area contributed by atoms with Gasteiger partial charge in [-0.2, -0.15) is 0 Å². The van der Waals surface area contributed by atoms with Crippen molar-refractivity contribution in [2.45, 2.75) is 45.7 Å². The van der Waals surface area contributed by atoms with Gasteiger partial charge >= 0.3 is 0 Å². The molecule has 2 saturated carbocycles. The van der Waals surface area contributed by atoms with Crippen LogP contribution in [0.1, 0.15) is 39.2 Å². The van der Waals surface area contributed by atoms with Gasteiger partial charge in [-0.15, -0.1) is 0 Å². The lowest BCUT2D eigenvalue weighted by Crippen LogP contribution is -2.51. The SMILES string of the molecule is CC1(C)[C@@H]2C/C(=N\O)[C@@](C)(NCc3ccccc3)C[C@@H]21. The fourth-order valence-corrected chi connectivity index (χ4v) is 3.88. The van der Waals surface area contributed by atoms with Crippen LogP contribution in [0, 0.1) is 17.3 Å². The number of benzene rings is 1. The zero-order valence-electron chi connectivity index (χ0n) is 12.6. The van der Waals surface area contributed by atoms with E-state index in [-0.39, 0.29) is 5.54 Å². The molecule has 1 aromatic carbocycles. The van der Waals surface area contributed by atoms with E-state index >= 15 is 0 Å². The monoisotopic (exact) mass is 272 g/mol. The van der Waals surface area contributed by atoms with Crippen molar-refractivity contribution < 1.29 is 5.21 Å². The molecule has 2 N–H and O–H groups in total. The third kappa shape index (κ3) is 2.14. The normalized spacial score (nSPS) is 36.6. The molecule has 3 nitrogen and oxygen atoms in total. The molecule has 0 heterocycles. The molecule has 20 heavy (non-hydrogen) atoms. The highest BCUT2D eigenvalue weighted by atomic mass is 16.4. The second-order valence-corrected chi connectivity index (χ2v) is 7.16. The Labute approximate surface area is 121 Å². The second-order valence-electron chi connectivity index (χ2n) is 7.16. The van der Waals surface area contributed by atoms with Crippen molar-refractivity contribution in [2.24, 2.45) is 22.4 Å². The number of fused-ring (bicyclic) bond motifs is 1. The van der Waals surface area contributed by atoms with Gasteiger partial charge in [-0.1, -0.05) is 49.3 Å². The van der Waals surface area contributed by atoms with E-state index in [9.17, 15) is 5.21 Å². The maximum atomic E-state index is 9.38. The summed E-state index contributed by atoms with van der Waals surface area (Å²) in [5, 5.41) is 16.6. The van der Waals surface area contributed by atoms with Crippen LogP contribution in [0.25, 0.3) is 0 Å². The molecule has 0 saturated heterocycles. The zero-order valence-corrected chi connectivity index (χ0v) is 12.6. The molecule has 0 aromatic heterocycles.